The minimum absolute atomic E-state index is 0. The van der Waals surface area contributed by atoms with Crippen molar-refractivity contribution < 1.29 is 0 Å². The fourth-order valence-corrected chi connectivity index (χ4v) is 1.73. The van der Waals surface area contributed by atoms with Gasteiger partial charge in [-0.05, 0) is 0 Å². The summed E-state index contributed by atoms with van der Waals surface area (Å²) in [6, 6.07) is 0. The van der Waals surface area contributed by atoms with Crippen LogP contribution in [-0.2, 0) is 0 Å². The summed E-state index contributed by atoms with van der Waals surface area (Å²) < 4.78 is 0. The van der Waals surface area contributed by atoms with Crippen molar-refractivity contribution in [1.82, 2.24) is 0 Å². The average Bonchev–Trinajstić information content (AvgIpc) is 1.81. The zero-order valence-corrected chi connectivity index (χ0v) is 7.93. The first-order valence-electron chi connectivity index (χ1n) is 2.38. The lowest BCUT2D eigenvalue weighted by Crippen LogP contribution is -1.64. The van der Waals surface area contributed by atoms with E-state index < -0.39 is 0 Å². The smallest absolute Gasteiger partial charge is 0.0215 e. The van der Waals surface area contributed by atoms with E-state index in [4.69, 9.17) is 0 Å². The van der Waals surface area contributed by atoms with E-state index in [9.17, 15) is 0 Å². The summed E-state index contributed by atoms with van der Waals surface area (Å²) >= 11 is 0. The fraction of sp³-hybridized carbons (Fsp3) is 0.333. The summed E-state index contributed by atoms with van der Waals surface area (Å²) in [5, 5.41) is 0. The lowest BCUT2D eigenvalue weighted by atomic mass is 10.8. The highest BCUT2D eigenvalue weighted by Crippen LogP contribution is 2.20. The summed E-state index contributed by atoms with van der Waals surface area (Å²) in [5.41, 5.74) is 0. The van der Waals surface area contributed by atoms with Crippen molar-refractivity contribution >= 4 is 35.1 Å². The maximum atomic E-state index is 3.60. The van der Waals surface area contributed by atoms with Crippen LogP contribution in [0.5, 0.6) is 0 Å². The van der Waals surface area contributed by atoms with Gasteiger partial charge in [-0.3, -0.25) is 0 Å². The van der Waals surface area contributed by atoms with Gasteiger partial charge in [0.2, 0.25) is 0 Å². The Labute approximate surface area is 72.0 Å². The Bertz CT molecular complexity index is 60.7. The van der Waals surface area contributed by atoms with Crippen molar-refractivity contribution in [2.45, 2.75) is 0 Å². The van der Waals surface area contributed by atoms with Crippen LogP contribution in [0.2, 0.25) is 0 Å². The van der Waals surface area contributed by atoms with Gasteiger partial charge in [-0.2, -0.15) is 13.5 Å². The normalized spacial score (nSPS) is 7.56. The molecule has 0 aromatic carbocycles. The zero-order chi connectivity index (χ0) is 6.24. The summed E-state index contributed by atoms with van der Waals surface area (Å²) in [6.07, 6.45) is 3.81. The van der Waals surface area contributed by atoms with Crippen LogP contribution in [-0.4, -0.2) is 11.5 Å². The molecular formula is C6H12S3. The molecule has 0 saturated heterocycles. The molecule has 0 bridgehead atoms. The molecule has 0 aliphatic rings. The van der Waals surface area contributed by atoms with Crippen molar-refractivity contribution in [3.05, 3.63) is 25.3 Å². The molecular weight excluding hydrogens is 168 g/mol. The molecule has 9 heavy (non-hydrogen) atoms. The Hall–Kier alpha value is 0.530. The quantitative estimate of drug-likeness (QED) is 0.362. The van der Waals surface area contributed by atoms with E-state index in [0.717, 1.165) is 11.5 Å². The topological polar surface area (TPSA) is 0 Å². The largest absolute Gasteiger partial charge is 0.197 e. The second-order valence-corrected chi connectivity index (χ2v) is 3.70. The third-order valence-corrected chi connectivity index (χ3v) is 2.68. The minimum Gasteiger partial charge on any atom is -0.197 e. The van der Waals surface area contributed by atoms with Gasteiger partial charge >= 0.3 is 0 Å². The van der Waals surface area contributed by atoms with E-state index >= 15 is 0 Å². The van der Waals surface area contributed by atoms with E-state index in [1.54, 1.807) is 21.6 Å². The average molecular weight is 180 g/mol. The van der Waals surface area contributed by atoms with Crippen LogP contribution in [0.3, 0.4) is 0 Å². The second-order valence-electron chi connectivity index (χ2n) is 1.15. The molecule has 0 aromatic rings. The molecule has 0 saturated carbocycles. The van der Waals surface area contributed by atoms with Crippen molar-refractivity contribution in [3.8, 4) is 0 Å². The van der Waals surface area contributed by atoms with Gasteiger partial charge < -0.3 is 0 Å². The van der Waals surface area contributed by atoms with Crippen LogP contribution in [0.25, 0.3) is 0 Å². The number of rotatable bonds is 5. The second kappa shape index (κ2) is 11.3. The van der Waals surface area contributed by atoms with Crippen LogP contribution in [0, 0.1) is 0 Å². The van der Waals surface area contributed by atoms with Crippen LogP contribution >= 0.6 is 35.1 Å². The van der Waals surface area contributed by atoms with Gasteiger partial charge in [-0.15, -0.1) is 13.2 Å². The van der Waals surface area contributed by atoms with Gasteiger partial charge in [0.25, 0.3) is 0 Å². The molecule has 3 heteroatoms. The SMILES string of the molecule is C=CCSSCC=C.S. The molecule has 0 heterocycles. The van der Waals surface area contributed by atoms with Crippen LogP contribution < -0.4 is 0 Å². The van der Waals surface area contributed by atoms with Gasteiger partial charge in [-0.25, -0.2) is 0 Å². The molecule has 0 radical (unpaired) electrons. The molecule has 0 N–H and O–H groups in total. The maximum absolute atomic E-state index is 3.60. The van der Waals surface area contributed by atoms with E-state index in [-0.39, 0.29) is 13.5 Å². The molecule has 0 unspecified atom stereocenters. The lowest BCUT2D eigenvalue weighted by molar-refractivity contribution is 1.83. The van der Waals surface area contributed by atoms with Gasteiger partial charge in [0, 0.05) is 11.5 Å². The van der Waals surface area contributed by atoms with Gasteiger partial charge in [-0.1, -0.05) is 33.7 Å². The van der Waals surface area contributed by atoms with Crippen molar-refractivity contribution in [3.63, 3.8) is 0 Å². The van der Waals surface area contributed by atoms with Crippen LogP contribution in [0.4, 0.5) is 0 Å². The first-order chi connectivity index (χ1) is 3.91. The predicted octanol–water partition coefficient (Wildman–Crippen LogP) is 2.85. The lowest BCUT2D eigenvalue weighted by Gasteiger charge is -1.89. The molecule has 0 aromatic heterocycles. The Morgan fingerprint density at radius 3 is 1.56 bits per heavy atom. The molecule has 54 valence electrons. The summed E-state index contributed by atoms with van der Waals surface area (Å²) in [5.74, 6) is 2.05. The van der Waals surface area contributed by atoms with Gasteiger partial charge in [0.05, 0.1) is 0 Å². The molecule has 0 rings (SSSR count). The van der Waals surface area contributed by atoms with Crippen LogP contribution in [0.1, 0.15) is 0 Å². The Morgan fingerprint density at radius 1 is 1.00 bits per heavy atom. The summed E-state index contributed by atoms with van der Waals surface area (Å²) in [7, 11) is 3.61. The highest BCUT2D eigenvalue weighted by atomic mass is 33.1. The highest BCUT2D eigenvalue weighted by Gasteiger charge is 1.79. The van der Waals surface area contributed by atoms with Gasteiger partial charge in [0.15, 0.2) is 0 Å². The third kappa shape index (κ3) is 11.9. The molecule has 0 aliphatic heterocycles. The van der Waals surface area contributed by atoms with E-state index in [1.807, 2.05) is 12.2 Å². The van der Waals surface area contributed by atoms with Crippen molar-refractivity contribution in [1.29, 1.82) is 0 Å². The third-order valence-electron chi connectivity index (χ3n) is 0.455. The fourth-order valence-electron chi connectivity index (χ4n) is 0.192. The first kappa shape index (κ1) is 12.2. The maximum Gasteiger partial charge on any atom is 0.0215 e. The van der Waals surface area contributed by atoms with E-state index in [1.165, 1.54) is 0 Å². The van der Waals surface area contributed by atoms with Gasteiger partial charge in [0.1, 0.15) is 0 Å². The zero-order valence-electron chi connectivity index (χ0n) is 5.30. The monoisotopic (exact) mass is 180 g/mol. The molecule has 0 aliphatic carbocycles. The van der Waals surface area contributed by atoms with Crippen molar-refractivity contribution in [2.75, 3.05) is 11.5 Å². The highest BCUT2D eigenvalue weighted by molar-refractivity contribution is 8.76. The van der Waals surface area contributed by atoms with Crippen molar-refractivity contribution in [2.24, 2.45) is 0 Å². The number of hydrogen-bond donors (Lipinski definition) is 0. The first-order valence-corrected chi connectivity index (χ1v) is 4.87. The van der Waals surface area contributed by atoms with Crippen LogP contribution in [0.15, 0.2) is 25.3 Å². The number of hydrogen-bond acceptors (Lipinski definition) is 2. The summed E-state index contributed by atoms with van der Waals surface area (Å²) in [4.78, 5) is 0. The Balaban J connectivity index is 0. The molecule has 0 atom stereocenters. The molecule has 0 amide bonds. The molecule has 0 nitrogen and oxygen atoms in total. The van der Waals surface area contributed by atoms with E-state index in [0.29, 0.717) is 0 Å². The summed E-state index contributed by atoms with van der Waals surface area (Å²) in [6.45, 7) is 7.20. The standard InChI is InChI=1S/C6H10S2.H2S/c1-3-5-7-8-6-4-2;/h3-4H,1-2,5-6H2;1H2. The predicted molar refractivity (Wildman–Crippen MR) is 55.7 cm³/mol. The van der Waals surface area contributed by atoms with E-state index in [2.05, 4.69) is 13.2 Å². The molecule has 0 fully saturated rings. The Kier molecular flexibility index (Phi) is 15.4. The molecule has 0 spiro atoms. The Morgan fingerprint density at radius 2 is 1.33 bits per heavy atom. The minimum atomic E-state index is 0.